The Hall–Kier alpha value is -2.05. The molecule has 21 heavy (non-hydrogen) atoms. The van der Waals surface area contributed by atoms with Crippen molar-refractivity contribution in [1.82, 2.24) is 5.32 Å². The molecule has 1 aliphatic heterocycles. The van der Waals surface area contributed by atoms with Crippen molar-refractivity contribution < 1.29 is 9.59 Å². The van der Waals surface area contributed by atoms with Gasteiger partial charge in [-0.05, 0) is 30.3 Å². The minimum Gasteiger partial charge on any atom is -0.336 e. The lowest BCUT2D eigenvalue weighted by Crippen LogP contribution is -2.27. The number of halogens is 1. The summed E-state index contributed by atoms with van der Waals surface area (Å²) in [5.41, 5.74) is 1.40. The number of hydrogen-bond donors (Lipinski definition) is 2. The summed E-state index contributed by atoms with van der Waals surface area (Å²) >= 11 is 7.05. The van der Waals surface area contributed by atoms with Gasteiger partial charge in [0.1, 0.15) is 0 Å². The van der Waals surface area contributed by atoms with Crippen LogP contribution in [0, 0.1) is 0 Å². The van der Waals surface area contributed by atoms with Crippen LogP contribution in [0.3, 0.4) is 0 Å². The van der Waals surface area contributed by atoms with Crippen molar-refractivity contribution in [2.24, 2.45) is 0 Å². The van der Waals surface area contributed by atoms with Crippen LogP contribution in [0.5, 0.6) is 0 Å². The Morgan fingerprint density at radius 1 is 1.33 bits per heavy atom. The van der Waals surface area contributed by atoms with Gasteiger partial charge in [0.15, 0.2) is 0 Å². The number of nitrogens with zero attached hydrogens (tertiary/aromatic N) is 1. The van der Waals surface area contributed by atoms with E-state index in [9.17, 15) is 9.59 Å². The number of thiophene rings is 1. The summed E-state index contributed by atoms with van der Waals surface area (Å²) in [6.07, 6.45) is 0. The van der Waals surface area contributed by atoms with Crippen LogP contribution in [-0.4, -0.2) is 25.0 Å². The second kappa shape index (κ2) is 5.75. The normalized spacial score (nSPS) is 14.1. The lowest BCUT2D eigenvalue weighted by molar-refractivity contribution is 0.103. The summed E-state index contributed by atoms with van der Waals surface area (Å²) in [6, 6.07) is 10.4. The van der Waals surface area contributed by atoms with Crippen LogP contribution in [0.1, 0.15) is 9.67 Å². The predicted molar refractivity (Wildman–Crippen MR) is 84.5 cm³/mol. The van der Waals surface area contributed by atoms with Crippen LogP contribution >= 0.6 is 22.9 Å². The van der Waals surface area contributed by atoms with Gasteiger partial charge in [-0.1, -0.05) is 17.7 Å². The standard InChI is InChI=1S/C14H12ClN3O2S/c15-12-5-4-11(21-12)13(19)17-9-2-1-3-10(8-9)18-7-6-16-14(18)20/h1-5,8H,6-7H2,(H,16,20)(H,17,19). The van der Waals surface area contributed by atoms with Gasteiger partial charge >= 0.3 is 6.03 Å². The van der Waals surface area contributed by atoms with Crippen molar-refractivity contribution in [2.45, 2.75) is 0 Å². The van der Waals surface area contributed by atoms with Crippen LogP contribution in [0.25, 0.3) is 0 Å². The molecule has 3 rings (SSSR count). The van der Waals surface area contributed by atoms with E-state index in [1.807, 2.05) is 6.07 Å². The van der Waals surface area contributed by atoms with Crippen LogP contribution in [0.4, 0.5) is 16.2 Å². The second-order valence-electron chi connectivity index (χ2n) is 4.49. The lowest BCUT2D eigenvalue weighted by atomic mass is 10.2. The molecule has 0 radical (unpaired) electrons. The summed E-state index contributed by atoms with van der Waals surface area (Å²) in [4.78, 5) is 25.9. The molecule has 0 aliphatic carbocycles. The molecule has 0 atom stereocenters. The van der Waals surface area contributed by atoms with Crippen LogP contribution in [0.15, 0.2) is 36.4 Å². The summed E-state index contributed by atoms with van der Waals surface area (Å²) in [5, 5.41) is 5.55. The minimum absolute atomic E-state index is 0.122. The molecule has 7 heteroatoms. The number of benzene rings is 1. The van der Waals surface area contributed by atoms with E-state index in [1.54, 1.807) is 35.2 Å². The molecule has 2 heterocycles. The number of anilines is 2. The lowest BCUT2D eigenvalue weighted by Gasteiger charge is -2.15. The average molecular weight is 322 g/mol. The average Bonchev–Trinajstić information content (AvgIpc) is 3.08. The third-order valence-corrected chi connectivity index (χ3v) is 4.30. The maximum absolute atomic E-state index is 12.1. The van der Waals surface area contributed by atoms with E-state index in [0.717, 1.165) is 5.69 Å². The Bertz CT molecular complexity index is 701. The van der Waals surface area contributed by atoms with Crippen molar-refractivity contribution in [3.63, 3.8) is 0 Å². The SMILES string of the molecule is O=C(Nc1cccc(N2CCNC2=O)c1)c1ccc(Cl)s1. The molecule has 3 amide bonds. The topological polar surface area (TPSA) is 61.4 Å². The fourth-order valence-electron chi connectivity index (χ4n) is 2.10. The first-order chi connectivity index (χ1) is 10.1. The predicted octanol–water partition coefficient (Wildman–Crippen LogP) is 3.18. The van der Waals surface area contributed by atoms with Gasteiger partial charge in [-0.25, -0.2) is 4.79 Å². The molecule has 1 aliphatic rings. The zero-order chi connectivity index (χ0) is 14.8. The quantitative estimate of drug-likeness (QED) is 0.912. The van der Waals surface area contributed by atoms with Crippen LogP contribution in [-0.2, 0) is 0 Å². The van der Waals surface area contributed by atoms with E-state index in [1.165, 1.54) is 11.3 Å². The van der Waals surface area contributed by atoms with Gasteiger partial charge in [0.25, 0.3) is 5.91 Å². The molecule has 108 valence electrons. The molecular formula is C14H12ClN3O2S. The first-order valence-electron chi connectivity index (χ1n) is 6.35. The fraction of sp³-hybridized carbons (Fsp3) is 0.143. The maximum atomic E-state index is 12.1. The van der Waals surface area contributed by atoms with Crippen LogP contribution in [0.2, 0.25) is 4.34 Å². The Kier molecular flexibility index (Phi) is 3.81. The molecular weight excluding hydrogens is 310 g/mol. The van der Waals surface area contributed by atoms with E-state index >= 15 is 0 Å². The number of carbonyl (C=O) groups excluding carboxylic acids is 2. The molecule has 0 unspecified atom stereocenters. The Morgan fingerprint density at radius 2 is 2.19 bits per heavy atom. The molecule has 0 saturated carbocycles. The number of nitrogens with one attached hydrogen (secondary N) is 2. The van der Waals surface area contributed by atoms with E-state index in [0.29, 0.717) is 28.0 Å². The Labute approximate surface area is 130 Å². The van der Waals surface area contributed by atoms with Gasteiger partial charge in [-0.2, -0.15) is 0 Å². The highest BCUT2D eigenvalue weighted by Crippen LogP contribution is 2.24. The first-order valence-corrected chi connectivity index (χ1v) is 7.55. The second-order valence-corrected chi connectivity index (χ2v) is 6.21. The van der Waals surface area contributed by atoms with Gasteiger partial charge in [0, 0.05) is 24.5 Å². The minimum atomic E-state index is -0.213. The van der Waals surface area contributed by atoms with E-state index < -0.39 is 0 Å². The highest BCUT2D eigenvalue weighted by molar-refractivity contribution is 7.18. The van der Waals surface area contributed by atoms with Gasteiger partial charge < -0.3 is 10.6 Å². The third kappa shape index (κ3) is 3.01. The van der Waals surface area contributed by atoms with Crippen molar-refractivity contribution in [2.75, 3.05) is 23.3 Å². The summed E-state index contributed by atoms with van der Waals surface area (Å²) in [5.74, 6) is -0.213. The molecule has 1 aromatic carbocycles. The molecule has 1 aromatic heterocycles. The Morgan fingerprint density at radius 3 is 2.86 bits per heavy atom. The van der Waals surface area contributed by atoms with Gasteiger partial charge in [0.05, 0.1) is 9.21 Å². The summed E-state index contributed by atoms with van der Waals surface area (Å²) in [7, 11) is 0. The van der Waals surface area contributed by atoms with Crippen molar-refractivity contribution in [3.05, 3.63) is 45.6 Å². The number of carbonyl (C=O) groups is 2. The maximum Gasteiger partial charge on any atom is 0.321 e. The molecule has 0 bridgehead atoms. The van der Waals surface area contributed by atoms with Crippen molar-refractivity contribution in [1.29, 1.82) is 0 Å². The van der Waals surface area contributed by atoms with Crippen molar-refractivity contribution in [3.8, 4) is 0 Å². The molecule has 0 spiro atoms. The highest BCUT2D eigenvalue weighted by atomic mass is 35.5. The van der Waals surface area contributed by atoms with E-state index in [2.05, 4.69) is 10.6 Å². The molecule has 2 aromatic rings. The molecule has 1 saturated heterocycles. The Balaban J connectivity index is 1.77. The molecule has 1 fully saturated rings. The largest absolute Gasteiger partial charge is 0.336 e. The van der Waals surface area contributed by atoms with E-state index in [-0.39, 0.29) is 11.9 Å². The molecule has 2 N–H and O–H groups in total. The zero-order valence-electron chi connectivity index (χ0n) is 10.9. The number of amides is 3. The number of rotatable bonds is 3. The van der Waals surface area contributed by atoms with Gasteiger partial charge in [-0.15, -0.1) is 11.3 Å². The number of urea groups is 1. The van der Waals surface area contributed by atoms with Crippen molar-refractivity contribution >= 4 is 46.3 Å². The van der Waals surface area contributed by atoms with Gasteiger partial charge in [0.2, 0.25) is 0 Å². The summed E-state index contributed by atoms with van der Waals surface area (Å²) < 4.78 is 0.572. The van der Waals surface area contributed by atoms with E-state index in [4.69, 9.17) is 11.6 Å². The summed E-state index contributed by atoms with van der Waals surface area (Å²) in [6.45, 7) is 1.25. The first kappa shape index (κ1) is 13.9. The third-order valence-electron chi connectivity index (χ3n) is 3.07. The molecule has 5 nitrogen and oxygen atoms in total. The number of hydrogen-bond acceptors (Lipinski definition) is 3. The highest BCUT2D eigenvalue weighted by Gasteiger charge is 2.21. The smallest absolute Gasteiger partial charge is 0.321 e. The fourth-order valence-corrected chi connectivity index (χ4v) is 3.04. The van der Waals surface area contributed by atoms with Crippen LogP contribution < -0.4 is 15.5 Å². The monoisotopic (exact) mass is 321 g/mol. The zero-order valence-corrected chi connectivity index (χ0v) is 12.5. The van der Waals surface area contributed by atoms with Gasteiger partial charge in [-0.3, -0.25) is 9.69 Å².